The zero-order chi connectivity index (χ0) is 21.2. The van der Waals surface area contributed by atoms with Crippen LogP contribution in [0.3, 0.4) is 0 Å². The molecule has 3 aliphatic heterocycles. The second kappa shape index (κ2) is 6.79. The van der Waals surface area contributed by atoms with Gasteiger partial charge in [0, 0.05) is 30.4 Å². The van der Waals surface area contributed by atoms with Gasteiger partial charge in [-0.25, -0.2) is 0 Å². The summed E-state index contributed by atoms with van der Waals surface area (Å²) in [7, 11) is 0. The van der Waals surface area contributed by atoms with Gasteiger partial charge in [0.15, 0.2) is 0 Å². The van der Waals surface area contributed by atoms with E-state index in [1.54, 1.807) is 34.1 Å². The van der Waals surface area contributed by atoms with E-state index < -0.39 is 11.9 Å². The Morgan fingerprint density at radius 2 is 2.07 bits per heavy atom. The van der Waals surface area contributed by atoms with Crippen LogP contribution >= 0.6 is 0 Å². The molecule has 3 saturated heterocycles. The van der Waals surface area contributed by atoms with Gasteiger partial charge in [0.25, 0.3) is 0 Å². The zero-order valence-corrected chi connectivity index (χ0v) is 16.5. The fourth-order valence-corrected chi connectivity index (χ4v) is 5.42. The van der Waals surface area contributed by atoms with Crippen LogP contribution in [0.5, 0.6) is 0 Å². The Kier molecular flexibility index (Phi) is 4.31. The quantitative estimate of drug-likeness (QED) is 0.668. The number of likely N-dealkylation sites (tertiary alicyclic amines) is 2. The lowest BCUT2D eigenvalue weighted by atomic mass is 10.1. The minimum Gasteiger partial charge on any atom is -0.366 e. The van der Waals surface area contributed by atoms with Crippen LogP contribution in [0.4, 0.5) is 5.69 Å². The summed E-state index contributed by atoms with van der Waals surface area (Å²) in [5, 5.41) is 9.33. The number of benzene rings is 1. The summed E-state index contributed by atoms with van der Waals surface area (Å²) < 4.78 is 0. The molecule has 4 N–H and O–H groups in total. The smallest absolute Gasteiger partial charge is 0.248 e. The highest BCUT2D eigenvalue weighted by atomic mass is 16.2. The predicted molar refractivity (Wildman–Crippen MR) is 107 cm³/mol. The predicted octanol–water partition coefficient (Wildman–Crippen LogP) is -0.585. The van der Waals surface area contributed by atoms with E-state index in [1.165, 1.54) is 0 Å². The average Bonchev–Trinajstić information content (AvgIpc) is 3.07. The highest BCUT2D eigenvalue weighted by molar-refractivity contribution is 6.02. The van der Waals surface area contributed by atoms with Crippen LogP contribution in [0.15, 0.2) is 24.3 Å². The third-order valence-electron chi connectivity index (χ3n) is 6.93. The Labute approximate surface area is 174 Å². The number of nitriles is 1. The molecule has 2 bridgehead atoms. The molecule has 0 aromatic heterocycles. The molecule has 156 valence electrons. The third kappa shape index (κ3) is 2.87. The molecule has 9 nitrogen and oxygen atoms in total. The van der Waals surface area contributed by atoms with Crippen molar-refractivity contribution in [1.82, 2.24) is 9.80 Å². The van der Waals surface area contributed by atoms with Gasteiger partial charge in [-0.05, 0) is 43.4 Å². The molecule has 4 aliphatic rings. The first-order valence-corrected chi connectivity index (χ1v) is 10.3. The first-order valence-electron chi connectivity index (χ1n) is 10.3. The lowest BCUT2D eigenvalue weighted by Crippen LogP contribution is -2.57. The van der Waals surface area contributed by atoms with Crippen molar-refractivity contribution in [3.8, 4) is 6.07 Å². The van der Waals surface area contributed by atoms with E-state index in [0.717, 1.165) is 12.8 Å². The maximum absolute atomic E-state index is 13.0. The molecule has 1 aromatic carbocycles. The van der Waals surface area contributed by atoms with E-state index >= 15 is 0 Å². The van der Waals surface area contributed by atoms with Crippen molar-refractivity contribution in [2.45, 2.75) is 49.5 Å². The van der Waals surface area contributed by atoms with Crippen LogP contribution in [-0.2, 0) is 9.59 Å². The summed E-state index contributed by atoms with van der Waals surface area (Å²) in [5.41, 5.74) is 12.6. The fraction of sp³-hybridized carbons (Fsp3) is 0.524. The van der Waals surface area contributed by atoms with Gasteiger partial charge >= 0.3 is 0 Å². The molecule has 6 atom stereocenters. The number of nitrogens with two attached hydrogens (primary N) is 2. The normalized spacial score (nSPS) is 32.8. The molecule has 1 aromatic rings. The third-order valence-corrected chi connectivity index (χ3v) is 6.93. The van der Waals surface area contributed by atoms with Crippen molar-refractivity contribution in [2.75, 3.05) is 18.0 Å². The molecule has 2 unspecified atom stereocenters. The van der Waals surface area contributed by atoms with Crippen LogP contribution in [-0.4, -0.2) is 70.8 Å². The van der Waals surface area contributed by atoms with Crippen molar-refractivity contribution in [1.29, 1.82) is 5.26 Å². The Morgan fingerprint density at radius 3 is 2.77 bits per heavy atom. The molecule has 1 aliphatic carbocycles. The maximum atomic E-state index is 13.0. The van der Waals surface area contributed by atoms with Crippen LogP contribution in [0, 0.1) is 17.2 Å². The number of piperazine rings is 1. The molecular weight excluding hydrogens is 384 g/mol. The van der Waals surface area contributed by atoms with Crippen LogP contribution < -0.4 is 16.4 Å². The average molecular weight is 408 g/mol. The molecule has 3 heterocycles. The summed E-state index contributed by atoms with van der Waals surface area (Å²) in [6, 6.07) is 7.67. The van der Waals surface area contributed by atoms with Gasteiger partial charge in [0.1, 0.15) is 6.04 Å². The largest absolute Gasteiger partial charge is 0.366 e. The van der Waals surface area contributed by atoms with Crippen molar-refractivity contribution in [2.24, 2.45) is 17.4 Å². The molecule has 0 spiro atoms. The van der Waals surface area contributed by atoms with Crippen molar-refractivity contribution < 1.29 is 14.4 Å². The Bertz CT molecular complexity index is 974. The summed E-state index contributed by atoms with van der Waals surface area (Å²) >= 11 is 0. The lowest BCUT2D eigenvalue weighted by molar-refractivity contribution is -0.135. The number of piperidine rings is 1. The van der Waals surface area contributed by atoms with Gasteiger partial charge in [0.05, 0.1) is 24.2 Å². The molecule has 1 saturated carbocycles. The molecule has 30 heavy (non-hydrogen) atoms. The van der Waals surface area contributed by atoms with E-state index in [1.807, 2.05) is 4.90 Å². The number of nitrogens with zero attached hydrogens (tertiary/aromatic N) is 4. The molecule has 9 heteroatoms. The molecule has 3 amide bonds. The first-order chi connectivity index (χ1) is 14.4. The zero-order valence-electron chi connectivity index (χ0n) is 16.5. The van der Waals surface area contributed by atoms with Gasteiger partial charge in [-0.1, -0.05) is 6.07 Å². The monoisotopic (exact) mass is 408 g/mol. The van der Waals surface area contributed by atoms with Crippen molar-refractivity contribution >= 4 is 23.4 Å². The molecule has 4 fully saturated rings. The number of carbonyl (C=O) groups is 3. The minimum atomic E-state index is -0.751. The van der Waals surface area contributed by atoms with E-state index in [2.05, 4.69) is 6.07 Å². The van der Waals surface area contributed by atoms with Gasteiger partial charge in [-0.3, -0.25) is 19.3 Å². The second-order valence-electron chi connectivity index (χ2n) is 8.78. The Hall–Kier alpha value is -2.96. The molecule has 5 rings (SSSR count). The summed E-state index contributed by atoms with van der Waals surface area (Å²) in [6.07, 6.45) is 2.37. The Morgan fingerprint density at radius 1 is 1.27 bits per heavy atom. The number of primary amides is 1. The molecular formula is C21H24N6O3. The number of amides is 3. The van der Waals surface area contributed by atoms with E-state index in [0.29, 0.717) is 36.7 Å². The highest BCUT2D eigenvalue weighted by Gasteiger charge is 2.55. The second-order valence-corrected chi connectivity index (χ2v) is 8.78. The van der Waals surface area contributed by atoms with Crippen LogP contribution in [0.25, 0.3) is 0 Å². The van der Waals surface area contributed by atoms with Crippen LogP contribution in [0.2, 0.25) is 0 Å². The lowest BCUT2D eigenvalue weighted by Gasteiger charge is -2.35. The number of hydrogen-bond donors (Lipinski definition) is 2. The maximum Gasteiger partial charge on any atom is 0.248 e. The van der Waals surface area contributed by atoms with Gasteiger partial charge in [-0.2, -0.15) is 5.26 Å². The highest BCUT2D eigenvalue weighted by Crippen LogP contribution is 2.47. The van der Waals surface area contributed by atoms with Crippen molar-refractivity contribution in [3.05, 3.63) is 29.8 Å². The standard InChI is InChI=1S/C21H24N6O3/c22-8-14-5-12-6-17(12)27(14)20(29)16(23)10-25-9-15-7-18(25)21(30)26(15)13-3-1-2-11(4-13)19(24)28/h1-4,12,14-18H,5-7,9-10,23H2,(H2,24,28)/t12-,14?,15+,16?,17+,18+/m1/s1. The Balaban J connectivity index is 1.26. The van der Waals surface area contributed by atoms with E-state index in [4.69, 9.17) is 11.5 Å². The van der Waals surface area contributed by atoms with Gasteiger partial charge in [0.2, 0.25) is 17.7 Å². The number of carbonyl (C=O) groups excluding carboxylic acids is 3. The van der Waals surface area contributed by atoms with Crippen LogP contribution in [0.1, 0.15) is 29.6 Å². The first kappa shape index (κ1) is 19.0. The summed E-state index contributed by atoms with van der Waals surface area (Å²) in [4.78, 5) is 42.8. The molecule has 0 radical (unpaired) electrons. The van der Waals surface area contributed by atoms with Crippen molar-refractivity contribution in [3.63, 3.8) is 0 Å². The van der Waals surface area contributed by atoms with Gasteiger partial charge < -0.3 is 21.3 Å². The number of fused-ring (bicyclic) bond motifs is 3. The van der Waals surface area contributed by atoms with Gasteiger partial charge in [-0.15, -0.1) is 0 Å². The topological polar surface area (TPSA) is 137 Å². The summed E-state index contributed by atoms with van der Waals surface area (Å²) in [5.74, 6) is -0.325. The number of anilines is 1. The fourth-order valence-electron chi connectivity index (χ4n) is 5.42. The SMILES string of the molecule is N#CC1C[C@@H]2C[C@@H]2N1C(=O)C(N)CN1C[C@@H]2C[C@H]1C(=O)N2c1cccc(C(N)=O)c1. The summed E-state index contributed by atoms with van der Waals surface area (Å²) in [6.45, 7) is 0.916. The number of hydrogen-bond acceptors (Lipinski definition) is 6. The van der Waals surface area contributed by atoms with E-state index in [-0.39, 0.29) is 36.0 Å². The minimum absolute atomic E-state index is 0.0283. The number of rotatable bonds is 5. The van der Waals surface area contributed by atoms with E-state index in [9.17, 15) is 19.6 Å².